The Hall–Kier alpha value is -3.49. The molecule has 2 saturated carbocycles. The number of ether oxygens (including phenoxy) is 2. The van der Waals surface area contributed by atoms with Crippen LogP contribution in [0, 0.1) is 30.5 Å². The number of hydrogen-bond acceptors (Lipinski definition) is 6. The predicted octanol–water partition coefficient (Wildman–Crippen LogP) is 4.65. The van der Waals surface area contributed by atoms with Crippen LogP contribution in [0.3, 0.4) is 0 Å². The molecule has 204 valence electrons. The van der Waals surface area contributed by atoms with Crippen molar-refractivity contribution in [2.24, 2.45) is 17.8 Å². The van der Waals surface area contributed by atoms with Gasteiger partial charge >= 0.3 is 5.97 Å². The summed E-state index contributed by atoms with van der Waals surface area (Å²) in [7, 11) is 0. The topological polar surface area (TPSA) is 109 Å². The Labute approximate surface area is 226 Å². The Balaban J connectivity index is 1.11. The second-order valence-corrected chi connectivity index (χ2v) is 11.1. The van der Waals surface area contributed by atoms with E-state index in [9.17, 15) is 24.5 Å². The highest BCUT2D eigenvalue weighted by Crippen LogP contribution is 2.61. The molecular weight excluding hydrogens is 501 g/mol. The van der Waals surface area contributed by atoms with E-state index in [0.29, 0.717) is 23.6 Å². The van der Waals surface area contributed by atoms with Crippen molar-refractivity contribution in [3.05, 3.63) is 76.7 Å². The molecule has 6 unspecified atom stereocenters. The van der Waals surface area contributed by atoms with E-state index >= 15 is 0 Å². The van der Waals surface area contributed by atoms with E-state index in [0.717, 1.165) is 47.2 Å². The maximum Gasteiger partial charge on any atom is 0.307 e. The SMILES string of the molecule is Cc1nc(OCC2CCCC(O)C2O)ccc1-c1ccc(F)c(COc2ccc3c(c2)CC2C(C(=O)O)C32)c1. The molecule has 0 aliphatic heterocycles. The van der Waals surface area contributed by atoms with Crippen molar-refractivity contribution in [1.82, 2.24) is 4.98 Å². The highest BCUT2D eigenvalue weighted by Gasteiger charge is 2.59. The number of carboxylic acid groups (broad SMARTS) is 1. The summed E-state index contributed by atoms with van der Waals surface area (Å²) < 4.78 is 26.4. The average Bonchev–Trinajstić information content (AvgIpc) is 3.51. The fourth-order valence-corrected chi connectivity index (χ4v) is 6.37. The summed E-state index contributed by atoms with van der Waals surface area (Å²) in [6, 6.07) is 14.3. The van der Waals surface area contributed by atoms with Crippen LogP contribution in [0.25, 0.3) is 11.1 Å². The van der Waals surface area contributed by atoms with Crippen molar-refractivity contribution < 1.29 is 34.0 Å². The molecule has 6 atom stereocenters. The molecule has 2 aromatic carbocycles. The van der Waals surface area contributed by atoms with Crippen molar-refractivity contribution in [2.45, 2.75) is 57.3 Å². The number of hydrogen-bond donors (Lipinski definition) is 3. The third-order valence-corrected chi connectivity index (χ3v) is 8.59. The van der Waals surface area contributed by atoms with Crippen molar-refractivity contribution >= 4 is 5.97 Å². The summed E-state index contributed by atoms with van der Waals surface area (Å²) in [6.07, 6.45) is 1.51. The third-order valence-electron chi connectivity index (χ3n) is 8.59. The highest BCUT2D eigenvalue weighted by molar-refractivity contribution is 5.78. The molecule has 6 rings (SSSR count). The fraction of sp³-hybridized carbons (Fsp3) is 0.419. The Morgan fingerprint density at radius 1 is 1.08 bits per heavy atom. The average molecular weight is 534 g/mol. The lowest BCUT2D eigenvalue weighted by atomic mass is 9.85. The zero-order chi connectivity index (χ0) is 27.3. The first kappa shape index (κ1) is 25.8. The van der Waals surface area contributed by atoms with Crippen molar-refractivity contribution in [3.63, 3.8) is 0 Å². The van der Waals surface area contributed by atoms with Gasteiger partial charge in [-0.25, -0.2) is 9.37 Å². The van der Waals surface area contributed by atoms with Gasteiger partial charge in [0.05, 0.1) is 24.7 Å². The number of aromatic nitrogens is 1. The van der Waals surface area contributed by atoms with Gasteiger partial charge in [0.2, 0.25) is 5.88 Å². The molecule has 3 aliphatic rings. The maximum atomic E-state index is 14.7. The minimum atomic E-state index is -0.786. The zero-order valence-electron chi connectivity index (χ0n) is 21.7. The van der Waals surface area contributed by atoms with E-state index in [-0.39, 0.29) is 42.7 Å². The number of benzene rings is 2. The number of fused-ring (bicyclic) bond motifs is 3. The van der Waals surface area contributed by atoms with Gasteiger partial charge in [-0.15, -0.1) is 0 Å². The lowest BCUT2D eigenvalue weighted by Crippen LogP contribution is -2.40. The van der Waals surface area contributed by atoms with Crippen LogP contribution in [0.4, 0.5) is 4.39 Å². The van der Waals surface area contributed by atoms with Gasteiger partial charge in [-0.1, -0.05) is 18.6 Å². The number of aliphatic hydroxyl groups excluding tert-OH is 2. The molecule has 0 saturated heterocycles. The van der Waals surface area contributed by atoms with Crippen molar-refractivity contribution in [2.75, 3.05) is 6.61 Å². The lowest BCUT2D eigenvalue weighted by Gasteiger charge is -2.31. The van der Waals surface area contributed by atoms with Gasteiger partial charge in [-0.2, -0.15) is 0 Å². The van der Waals surface area contributed by atoms with Crippen LogP contribution in [0.2, 0.25) is 0 Å². The van der Waals surface area contributed by atoms with Gasteiger partial charge in [-0.05, 0) is 79.1 Å². The van der Waals surface area contributed by atoms with E-state index in [1.807, 2.05) is 31.2 Å². The number of pyridine rings is 1. The molecule has 3 aromatic rings. The second kappa shape index (κ2) is 10.2. The fourth-order valence-electron chi connectivity index (χ4n) is 6.37. The van der Waals surface area contributed by atoms with Crippen LogP contribution in [0.15, 0.2) is 48.5 Å². The van der Waals surface area contributed by atoms with E-state index in [1.54, 1.807) is 18.2 Å². The molecule has 7 nitrogen and oxygen atoms in total. The Morgan fingerprint density at radius 3 is 2.72 bits per heavy atom. The number of carboxylic acids is 1. The van der Waals surface area contributed by atoms with Crippen LogP contribution in [0.5, 0.6) is 11.6 Å². The van der Waals surface area contributed by atoms with Crippen LogP contribution in [-0.4, -0.2) is 45.1 Å². The summed E-state index contributed by atoms with van der Waals surface area (Å²) in [5, 5.41) is 29.4. The molecule has 39 heavy (non-hydrogen) atoms. The van der Waals surface area contributed by atoms with Gasteiger partial charge in [-0.3, -0.25) is 4.79 Å². The Bertz CT molecular complexity index is 1410. The standard InChI is InChI=1S/C31H32FNO6/c1-16-22(8-10-27(33-16)39-14-18-3-2-4-26(34)30(18)35)17-5-9-25(32)20(11-17)15-38-21-6-7-23-19(12-21)13-24-28(23)29(24)31(36)37/h5-12,18,24,26,28-30,34-35H,2-4,13-15H2,1H3,(H,36,37). The molecule has 2 fully saturated rings. The van der Waals surface area contributed by atoms with E-state index < -0.39 is 18.2 Å². The van der Waals surface area contributed by atoms with Gasteiger partial charge in [0.1, 0.15) is 18.2 Å². The maximum absolute atomic E-state index is 14.7. The summed E-state index contributed by atoms with van der Waals surface area (Å²) in [5.74, 6) is -0.0991. The molecule has 0 bridgehead atoms. The minimum absolute atomic E-state index is 0.0618. The van der Waals surface area contributed by atoms with Crippen LogP contribution in [0.1, 0.15) is 47.6 Å². The van der Waals surface area contributed by atoms with Crippen molar-refractivity contribution in [1.29, 1.82) is 0 Å². The minimum Gasteiger partial charge on any atom is -0.489 e. The largest absolute Gasteiger partial charge is 0.489 e. The van der Waals surface area contributed by atoms with Crippen LogP contribution in [-0.2, 0) is 17.8 Å². The molecule has 0 amide bonds. The lowest BCUT2D eigenvalue weighted by molar-refractivity contribution is -0.139. The summed E-state index contributed by atoms with van der Waals surface area (Å²) in [6.45, 7) is 2.21. The Morgan fingerprint density at radius 2 is 1.92 bits per heavy atom. The number of rotatable bonds is 8. The number of carbonyl (C=O) groups is 1. The molecule has 0 radical (unpaired) electrons. The number of aryl methyl sites for hydroxylation is 1. The molecule has 0 spiro atoms. The van der Waals surface area contributed by atoms with Gasteiger partial charge in [0.15, 0.2) is 0 Å². The second-order valence-electron chi connectivity index (χ2n) is 11.1. The molecule has 1 aromatic heterocycles. The first-order valence-electron chi connectivity index (χ1n) is 13.5. The van der Waals surface area contributed by atoms with Gasteiger partial charge in [0, 0.05) is 34.7 Å². The van der Waals surface area contributed by atoms with Crippen LogP contribution >= 0.6 is 0 Å². The van der Waals surface area contributed by atoms with Crippen molar-refractivity contribution in [3.8, 4) is 22.8 Å². The van der Waals surface area contributed by atoms with E-state index in [4.69, 9.17) is 9.47 Å². The quantitative estimate of drug-likeness (QED) is 0.387. The molecule has 3 aliphatic carbocycles. The number of aliphatic hydroxyl groups is 2. The summed E-state index contributed by atoms with van der Waals surface area (Å²) in [5.41, 5.74) is 5.02. The number of nitrogens with zero attached hydrogens (tertiary/aromatic N) is 1. The monoisotopic (exact) mass is 533 g/mol. The van der Waals surface area contributed by atoms with E-state index in [2.05, 4.69) is 4.98 Å². The number of halogens is 1. The predicted molar refractivity (Wildman–Crippen MR) is 141 cm³/mol. The number of aliphatic carboxylic acids is 1. The van der Waals surface area contributed by atoms with Gasteiger partial charge in [0.25, 0.3) is 0 Å². The molecule has 8 heteroatoms. The first-order valence-corrected chi connectivity index (χ1v) is 13.5. The smallest absolute Gasteiger partial charge is 0.307 e. The van der Waals surface area contributed by atoms with Gasteiger partial charge < -0.3 is 24.8 Å². The molecular formula is C31H32FNO6. The Kier molecular flexibility index (Phi) is 6.77. The normalized spacial score (nSPS) is 27.0. The van der Waals surface area contributed by atoms with E-state index in [1.165, 1.54) is 6.07 Å². The highest BCUT2D eigenvalue weighted by atomic mass is 19.1. The zero-order valence-corrected chi connectivity index (χ0v) is 21.7. The molecule has 1 heterocycles. The first-order chi connectivity index (χ1) is 18.8. The van der Waals surface area contributed by atoms with Crippen LogP contribution < -0.4 is 9.47 Å². The summed E-state index contributed by atoms with van der Waals surface area (Å²) in [4.78, 5) is 15.9. The molecule has 3 N–H and O–H groups in total. The third kappa shape index (κ3) is 4.99. The summed E-state index contributed by atoms with van der Waals surface area (Å²) >= 11 is 0.